The summed E-state index contributed by atoms with van der Waals surface area (Å²) < 4.78 is 0.862. The van der Waals surface area contributed by atoms with Gasteiger partial charge in [0.25, 0.3) is 0 Å². The first-order chi connectivity index (χ1) is 7.80. The van der Waals surface area contributed by atoms with Crippen LogP contribution in [0, 0.1) is 5.41 Å². The molecule has 4 heteroatoms. The highest BCUT2D eigenvalue weighted by molar-refractivity contribution is 7.16. The third kappa shape index (κ3) is 5.38. The number of rotatable bonds is 6. The van der Waals surface area contributed by atoms with Crippen LogP contribution in [0.25, 0.3) is 0 Å². The highest BCUT2D eigenvalue weighted by Crippen LogP contribution is 2.27. The Bertz CT molecular complexity index is 347. The van der Waals surface area contributed by atoms with E-state index in [1.807, 2.05) is 6.07 Å². The van der Waals surface area contributed by atoms with E-state index in [0.717, 1.165) is 17.4 Å². The van der Waals surface area contributed by atoms with Gasteiger partial charge in [-0.2, -0.15) is 0 Å². The highest BCUT2D eigenvalue weighted by atomic mass is 35.5. The van der Waals surface area contributed by atoms with Crippen molar-refractivity contribution in [2.24, 2.45) is 5.41 Å². The van der Waals surface area contributed by atoms with Crippen LogP contribution in [0.15, 0.2) is 12.1 Å². The molecule has 1 N–H and O–H groups in total. The van der Waals surface area contributed by atoms with Crippen LogP contribution in [-0.2, 0) is 0 Å². The molecule has 0 bridgehead atoms. The fraction of sp³-hybridized carbons (Fsp3) is 0.692. The first-order valence-electron chi connectivity index (χ1n) is 5.93. The molecule has 2 nitrogen and oxygen atoms in total. The van der Waals surface area contributed by atoms with Gasteiger partial charge in [0.15, 0.2) is 0 Å². The molecule has 1 aromatic heterocycles. The second-order valence-corrected chi connectivity index (χ2v) is 7.39. The number of thiophene rings is 1. The molecule has 1 unspecified atom stereocenters. The molecule has 1 heterocycles. The summed E-state index contributed by atoms with van der Waals surface area (Å²) in [6.45, 7) is 8.84. The smallest absolute Gasteiger partial charge is 0.0931 e. The standard InChI is InChI=1S/C13H23ClN2S/c1-10(11-6-7-12(14)17-11)15-8-13(2,3)9-16(4)5/h6-7,10,15H,8-9H2,1-5H3. The van der Waals surface area contributed by atoms with Gasteiger partial charge in [-0.3, -0.25) is 0 Å². The lowest BCUT2D eigenvalue weighted by molar-refractivity contribution is 0.227. The predicted octanol–water partition coefficient (Wildman–Crippen LogP) is 3.64. The highest BCUT2D eigenvalue weighted by Gasteiger charge is 2.20. The van der Waals surface area contributed by atoms with E-state index in [-0.39, 0.29) is 5.41 Å². The lowest BCUT2D eigenvalue weighted by atomic mass is 9.92. The van der Waals surface area contributed by atoms with Gasteiger partial charge < -0.3 is 10.2 Å². The average molecular weight is 275 g/mol. The Morgan fingerprint density at radius 3 is 2.53 bits per heavy atom. The van der Waals surface area contributed by atoms with Crippen LogP contribution in [0.5, 0.6) is 0 Å². The van der Waals surface area contributed by atoms with Gasteiger partial charge in [0.2, 0.25) is 0 Å². The summed E-state index contributed by atoms with van der Waals surface area (Å²) in [5.41, 5.74) is 0.277. The molecular weight excluding hydrogens is 252 g/mol. The van der Waals surface area contributed by atoms with Crippen LogP contribution < -0.4 is 5.32 Å². The number of nitrogens with one attached hydrogen (secondary N) is 1. The normalized spacial score (nSPS) is 14.3. The van der Waals surface area contributed by atoms with Crippen LogP contribution in [0.4, 0.5) is 0 Å². The average Bonchev–Trinajstić information content (AvgIpc) is 2.59. The van der Waals surface area contributed by atoms with Crippen molar-refractivity contribution in [1.29, 1.82) is 0 Å². The summed E-state index contributed by atoms with van der Waals surface area (Å²) in [6, 6.07) is 4.43. The molecule has 98 valence electrons. The lowest BCUT2D eigenvalue weighted by Crippen LogP contribution is -2.38. The summed E-state index contributed by atoms with van der Waals surface area (Å²) in [5, 5.41) is 3.58. The maximum atomic E-state index is 5.95. The van der Waals surface area contributed by atoms with Crippen molar-refractivity contribution < 1.29 is 0 Å². The molecule has 0 aliphatic rings. The molecule has 17 heavy (non-hydrogen) atoms. The molecule has 0 aliphatic carbocycles. The maximum absolute atomic E-state index is 5.95. The van der Waals surface area contributed by atoms with E-state index >= 15 is 0 Å². The molecule has 0 fully saturated rings. The Morgan fingerprint density at radius 2 is 2.06 bits per heavy atom. The van der Waals surface area contributed by atoms with E-state index in [4.69, 9.17) is 11.6 Å². The third-order valence-electron chi connectivity index (χ3n) is 2.65. The fourth-order valence-electron chi connectivity index (χ4n) is 2.00. The van der Waals surface area contributed by atoms with Crippen molar-refractivity contribution in [3.8, 4) is 0 Å². The van der Waals surface area contributed by atoms with Crippen LogP contribution in [0.2, 0.25) is 4.34 Å². The Morgan fingerprint density at radius 1 is 1.41 bits per heavy atom. The Labute approximate surface area is 114 Å². The fourth-order valence-corrected chi connectivity index (χ4v) is 3.09. The molecule has 0 amide bonds. The van der Waals surface area contributed by atoms with Crippen LogP contribution in [0.1, 0.15) is 31.7 Å². The summed E-state index contributed by atoms with van der Waals surface area (Å²) in [7, 11) is 4.23. The number of hydrogen-bond donors (Lipinski definition) is 1. The van der Waals surface area contributed by atoms with Gasteiger partial charge in [-0.1, -0.05) is 25.4 Å². The van der Waals surface area contributed by atoms with Crippen molar-refractivity contribution in [2.45, 2.75) is 26.8 Å². The van der Waals surface area contributed by atoms with Crippen molar-refractivity contribution in [3.63, 3.8) is 0 Å². The van der Waals surface area contributed by atoms with Crippen molar-refractivity contribution in [1.82, 2.24) is 10.2 Å². The molecule has 0 radical (unpaired) electrons. The SMILES string of the molecule is CC(NCC(C)(C)CN(C)C)c1ccc(Cl)s1. The lowest BCUT2D eigenvalue weighted by Gasteiger charge is -2.30. The summed E-state index contributed by atoms with van der Waals surface area (Å²) in [6.07, 6.45) is 0. The van der Waals surface area contributed by atoms with Gasteiger partial charge in [-0.05, 0) is 38.6 Å². The van der Waals surface area contributed by atoms with Gasteiger partial charge in [0.05, 0.1) is 4.34 Å². The summed E-state index contributed by atoms with van der Waals surface area (Å²) in [4.78, 5) is 3.53. The summed E-state index contributed by atoms with van der Waals surface area (Å²) >= 11 is 7.60. The third-order valence-corrected chi connectivity index (χ3v) is 4.07. The van der Waals surface area contributed by atoms with Crippen molar-refractivity contribution in [3.05, 3.63) is 21.3 Å². The Kier molecular flexibility index (Phi) is 5.45. The molecule has 1 aromatic rings. The minimum absolute atomic E-state index is 0.277. The zero-order valence-corrected chi connectivity index (χ0v) is 13.0. The zero-order chi connectivity index (χ0) is 13.1. The van der Waals surface area contributed by atoms with Crippen LogP contribution >= 0.6 is 22.9 Å². The van der Waals surface area contributed by atoms with E-state index < -0.39 is 0 Å². The molecule has 0 saturated carbocycles. The second-order valence-electron chi connectivity index (χ2n) is 5.65. The van der Waals surface area contributed by atoms with E-state index in [9.17, 15) is 0 Å². The van der Waals surface area contributed by atoms with E-state index in [2.05, 4.69) is 51.1 Å². The second kappa shape index (κ2) is 6.19. The molecule has 0 aliphatic heterocycles. The van der Waals surface area contributed by atoms with Crippen LogP contribution in [-0.4, -0.2) is 32.1 Å². The molecule has 1 rings (SSSR count). The molecule has 0 saturated heterocycles. The maximum Gasteiger partial charge on any atom is 0.0931 e. The molecule has 0 spiro atoms. The molecular formula is C13H23ClN2S. The van der Waals surface area contributed by atoms with Gasteiger partial charge in [-0.15, -0.1) is 11.3 Å². The molecule has 1 atom stereocenters. The Hall–Kier alpha value is -0.0900. The topological polar surface area (TPSA) is 15.3 Å². The van der Waals surface area contributed by atoms with Gasteiger partial charge in [-0.25, -0.2) is 0 Å². The first-order valence-corrected chi connectivity index (χ1v) is 7.13. The predicted molar refractivity (Wildman–Crippen MR) is 78.1 cm³/mol. The van der Waals surface area contributed by atoms with E-state index in [0.29, 0.717) is 6.04 Å². The summed E-state index contributed by atoms with van der Waals surface area (Å²) in [5.74, 6) is 0. The molecule has 0 aromatic carbocycles. The number of nitrogens with zero attached hydrogens (tertiary/aromatic N) is 1. The number of halogens is 1. The van der Waals surface area contributed by atoms with Gasteiger partial charge in [0, 0.05) is 24.0 Å². The first kappa shape index (κ1) is 15.0. The van der Waals surface area contributed by atoms with Gasteiger partial charge >= 0.3 is 0 Å². The largest absolute Gasteiger partial charge is 0.309 e. The number of hydrogen-bond acceptors (Lipinski definition) is 3. The Balaban J connectivity index is 2.45. The van der Waals surface area contributed by atoms with Crippen LogP contribution in [0.3, 0.4) is 0 Å². The zero-order valence-electron chi connectivity index (χ0n) is 11.4. The van der Waals surface area contributed by atoms with E-state index in [1.165, 1.54) is 4.88 Å². The van der Waals surface area contributed by atoms with Crippen molar-refractivity contribution in [2.75, 3.05) is 27.2 Å². The van der Waals surface area contributed by atoms with Crippen molar-refractivity contribution >= 4 is 22.9 Å². The quantitative estimate of drug-likeness (QED) is 0.852. The van der Waals surface area contributed by atoms with E-state index in [1.54, 1.807) is 11.3 Å². The minimum Gasteiger partial charge on any atom is -0.309 e. The minimum atomic E-state index is 0.277. The monoisotopic (exact) mass is 274 g/mol. The van der Waals surface area contributed by atoms with Gasteiger partial charge in [0.1, 0.15) is 0 Å².